The van der Waals surface area contributed by atoms with Crippen LogP contribution in [0.1, 0.15) is 5.56 Å². The minimum absolute atomic E-state index is 0.0353. The second-order valence-electron chi connectivity index (χ2n) is 5.54. The van der Waals surface area contributed by atoms with Gasteiger partial charge in [-0.25, -0.2) is 8.42 Å². The Balaban J connectivity index is 1.92. The second-order valence-corrected chi connectivity index (χ2v) is 7.55. The lowest BCUT2D eigenvalue weighted by molar-refractivity contribution is -0.385. The van der Waals surface area contributed by atoms with Gasteiger partial charge < -0.3 is 14.2 Å². The first-order chi connectivity index (χ1) is 12.3. The first-order valence-corrected chi connectivity index (χ1v) is 8.94. The van der Waals surface area contributed by atoms with Gasteiger partial charge in [-0.1, -0.05) is 6.07 Å². The first-order valence-electron chi connectivity index (χ1n) is 7.50. The Morgan fingerprint density at radius 1 is 1.19 bits per heavy atom. The van der Waals surface area contributed by atoms with Crippen LogP contribution in [-0.2, 0) is 16.6 Å². The van der Waals surface area contributed by atoms with Crippen LogP contribution in [0.3, 0.4) is 0 Å². The van der Waals surface area contributed by atoms with Crippen molar-refractivity contribution in [2.75, 3.05) is 21.0 Å². The van der Waals surface area contributed by atoms with Gasteiger partial charge in [0.2, 0.25) is 16.8 Å². The average Bonchev–Trinajstić information content (AvgIpc) is 3.08. The maximum Gasteiger partial charge on any atom is 0.271 e. The van der Waals surface area contributed by atoms with Crippen LogP contribution in [-0.4, -0.2) is 38.6 Å². The maximum atomic E-state index is 12.9. The molecule has 0 unspecified atom stereocenters. The monoisotopic (exact) mass is 380 g/mol. The zero-order chi connectivity index (χ0) is 18.9. The van der Waals surface area contributed by atoms with Crippen LogP contribution < -0.4 is 14.2 Å². The molecule has 2 aromatic carbocycles. The number of sulfonamides is 1. The molecule has 2 aromatic rings. The van der Waals surface area contributed by atoms with E-state index in [-0.39, 0.29) is 29.7 Å². The molecule has 0 aromatic heterocycles. The summed E-state index contributed by atoms with van der Waals surface area (Å²) >= 11 is 0. The van der Waals surface area contributed by atoms with Crippen molar-refractivity contribution in [3.05, 3.63) is 52.1 Å². The van der Waals surface area contributed by atoms with Gasteiger partial charge in [0.15, 0.2) is 11.5 Å². The fraction of sp³-hybridized carbons (Fsp3) is 0.250. The molecule has 1 aliphatic rings. The Hall–Kier alpha value is -2.85. The number of nitro benzene ring substituents is 1. The lowest BCUT2D eigenvalue weighted by Gasteiger charge is -2.19. The van der Waals surface area contributed by atoms with Crippen molar-refractivity contribution in [2.24, 2.45) is 0 Å². The molecule has 138 valence electrons. The highest BCUT2D eigenvalue weighted by molar-refractivity contribution is 7.89. The molecule has 0 spiro atoms. The number of hydrogen-bond donors (Lipinski definition) is 0. The van der Waals surface area contributed by atoms with Crippen LogP contribution in [0.5, 0.6) is 17.2 Å². The highest BCUT2D eigenvalue weighted by Gasteiger charge is 2.28. The smallest absolute Gasteiger partial charge is 0.271 e. The van der Waals surface area contributed by atoms with E-state index in [1.165, 1.54) is 26.3 Å². The molecule has 0 fully saturated rings. The number of rotatable bonds is 6. The zero-order valence-corrected chi connectivity index (χ0v) is 14.9. The molecule has 0 amide bonds. The summed E-state index contributed by atoms with van der Waals surface area (Å²) < 4.78 is 42.4. The topological polar surface area (TPSA) is 108 Å². The van der Waals surface area contributed by atoms with E-state index in [2.05, 4.69) is 0 Å². The SMILES string of the molecule is COc1ccc([N+](=O)[O-])cc1S(=O)(=O)N(C)Cc1ccc2c(c1)OCO2. The van der Waals surface area contributed by atoms with Crippen molar-refractivity contribution >= 4 is 15.7 Å². The summed E-state index contributed by atoms with van der Waals surface area (Å²) in [6, 6.07) is 8.56. The fourth-order valence-corrected chi connectivity index (χ4v) is 3.86. The van der Waals surface area contributed by atoms with Gasteiger partial charge in [-0.15, -0.1) is 0 Å². The molecular weight excluding hydrogens is 364 g/mol. The van der Waals surface area contributed by atoms with Crippen molar-refractivity contribution < 1.29 is 27.6 Å². The molecule has 9 nitrogen and oxygen atoms in total. The van der Waals surface area contributed by atoms with Gasteiger partial charge in [-0.2, -0.15) is 4.31 Å². The number of non-ortho nitro benzene ring substituents is 1. The molecule has 3 rings (SSSR count). The van der Waals surface area contributed by atoms with E-state index in [1.807, 2.05) is 0 Å². The molecular formula is C16H16N2O7S. The van der Waals surface area contributed by atoms with Gasteiger partial charge in [0.05, 0.1) is 12.0 Å². The highest BCUT2D eigenvalue weighted by Crippen LogP contribution is 2.34. The van der Waals surface area contributed by atoms with Gasteiger partial charge in [0.25, 0.3) is 5.69 Å². The van der Waals surface area contributed by atoms with Gasteiger partial charge in [-0.05, 0) is 23.8 Å². The molecule has 0 atom stereocenters. The molecule has 0 radical (unpaired) electrons. The summed E-state index contributed by atoms with van der Waals surface area (Å²) in [7, 11) is -1.33. The van der Waals surface area contributed by atoms with E-state index in [0.29, 0.717) is 17.1 Å². The van der Waals surface area contributed by atoms with E-state index < -0.39 is 14.9 Å². The number of hydrogen-bond acceptors (Lipinski definition) is 7. The van der Waals surface area contributed by atoms with Crippen molar-refractivity contribution in [3.63, 3.8) is 0 Å². The molecule has 0 bridgehead atoms. The minimum Gasteiger partial charge on any atom is -0.495 e. The summed E-state index contributed by atoms with van der Waals surface area (Å²) in [4.78, 5) is 10.1. The minimum atomic E-state index is -4.02. The summed E-state index contributed by atoms with van der Waals surface area (Å²) in [5.41, 5.74) is 0.352. The Bertz CT molecular complexity index is 959. The molecule has 0 saturated carbocycles. The third kappa shape index (κ3) is 3.28. The molecule has 26 heavy (non-hydrogen) atoms. The van der Waals surface area contributed by atoms with E-state index in [9.17, 15) is 18.5 Å². The Labute approximate surface area is 149 Å². The van der Waals surface area contributed by atoms with E-state index in [0.717, 1.165) is 10.4 Å². The second kappa shape index (κ2) is 6.81. The number of methoxy groups -OCH3 is 1. The quantitative estimate of drug-likeness (QED) is 0.558. The van der Waals surface area contributed by atoms with E-state index in [1.54, 1.807) is 18.2 Å². The van der Waals surface area contributed by atoms with Gasteiger partial charge in [0, 0.05) is 25.7 Å². The molecule has 0 saturated heterocycles. The van der Waals surface area contributed by atoms with Crippen LogP contribution in [0.25, 0.3) is 0 Å². The molecule has 10 heteroatoms. The lowest BCUT2D eigenvalue weighted by atomic mass is 10.2. The number of ether oxygens (including phenoxy) is 3. The fourth-order valence-electron chi connectivity index (χ4n) is 2.53. The van der Waals surface area contributed by atoms with Crippen molar-refractivity contribution in [2.45, 2.75) is 11.4 Å². The van der Waals surface area contributed by atoms with Gasteiger partial charge >= 0.3 is 0 Å². The summed E-state index contributed by atoms with van der Waals surface area (Å²) in [6.45, 7) is 0.169. The highest BCUT2D eigenvalue weighted by atomic mass is 32.2. The van der Waals surface area contributed by atoms with Crippen molar-refractivity contribution in [1.82, 2.24) is 4.31 Å². The van der Waals surface area contributed by atoms with Gasteiger partial charge in [-0.3, -0.25) is 10.1 Å². The Morgan fingerprint density at radius 2 is 1.92 bits per heavy atom. The molecule has 1 heterocycles. The van der Waals surface area contributed by atoms with Crippen molar-refractivity contribution in [1.29, 1.82) is 0 Å². The average molecular weight is 380 g/mol. The summed E-state index contributed by atoms with van der Waals surface area (Å²) in [6.07, 6.45) is 0. The van der Waals surface area contributed by atoms with E-state index in [4.69, 9.17) is 14.2 Å². The van der Waals surface area contributed by atoms with Crippen molar-refractivity contribution in [3.8, 4) is 17.2 Å². The maximum absolute atomic E-state index is 12.9. The Kier molecular flexibility index (Phi) is 4.70. The summed E-state index contributed by atoms with van der Waals surface area (Å²) in [5, 5.41) is 11.0. The van der Waals surface area contributed by atoms with Crippen LogP contribution in [0, 0.1) is 10.1 Å². The third-order valence-corrected chi connectivity index (χ3v) is 5.71. The molecule has 1 aliphatic heterocycles. The predicted molar refractivity (Wildman–Crippen MR) is 90.9 cm³/mol. The lowest BCUT2D eigenvalue weighted by Crippen LogP contribution is -2.27. The first kappa shape index (κ1) is 18.0. The number of fused-ring (bicyclic) bond motifs is 1. The van der Waals surface area contributed by atoms with Crippen LogP contribution in [0.15, 0.2) is 41.3 Å². The number of benzene rings is 2. The molecule has 0 aliphatic carbocycles. The van der Waals surface area contributed by atoms with Crippen LogP contribution in [0.2, 0.25) is 0 Å². The normalized spacial score (nSPS) is 13.0. The standard InChI is InChI=1S/C16H16N2O7S/c1-17(9-11-3-5-13-15(7-11)25-10-24-13)26(21,22)16-8-12(18(19)20)4-6-14(16)23-2/h3-8H,9-10H2,1-2H3. The molecule has 0 N–H and O–H groups in total. The zero-order valence-electron chi connectivity index (χ0n) is 14.0. The number of nitrogens with zero attached hydrogens (tertiary/aromatic N) is 2. The number of nitro groups is 1. The van der Waals surface area contributed by atoms with Crippen LogP contribution >= 0.6 is 0 Å². The van der Waals surface area contributed by atoms with E-state index >= 15 is 0 Å². The summed E-state index contributed by atoms with van der Waals surface area (Å²) in [5.74, 6) is 1.17. The largest absolute Gasteiger partial charge is 0.495 e. The van der Waals surface area contributed by atoms with Crippen LogP contribution in [0.4, 0.5) is 5.69 Å². The third-order valence-electron chi connectivity index (χ3n) is 3.89. The van der Waals surface area contributed by atoms with Gasteiger partial charge in [0.1, 0.15) is 10.6 Å². The predicted octanol–water partition coefficient (Wildman–Crippen LogP) is 2.15. The Morgan fingerprint density at radius 3 is 2.62 bits per heavy atom.